The van der Waals surface area contributed by atoms with Gasteiger partial charge in [0.05, 0.1) is 23.6 Å². The summed E-state index contributed by atoms with van der Waals surface area (Å²) in [5.74, 6) is -0.445. The zero-order valence-electron chi connectivity index (χ0n) is 25.5. The molecule has 46 heavy (non-hydrogen) atoms. The lowest BCUT2D eigenvalue weighted by molar-refractivity contribution is -0.274. The van der Waals surface area contributed by atoms with Gasteiger partial charge in [0.15, 0.2) is 0 Å². The number of benzene rings is 3. The summed E-state index contributed by atoms with van der Waals surface area (Å²) < 4.78 is 69.3. The Hall–Kier alpha value is -3.61. The Morgan fingerprint density at radius 1 is 0.957 bits per heavy atom. The van der Waals surface area contributed by atoms with Gasteiger partial charge in [-0.25, -0.2) is 8.42 Å². The van der Waals surface area contributed by atoms with Crippen LogP contribution in [0.4, 0.5) is 18.9 Å². The molecule has 2 aliphatic rings. The number of amides is 1. The van der Waals surface area contributed by atoms with Crippen LogP contribution >= 0.6 is 0 Å². The van der Waals surface area contributed by atoms with Gasteiger partial charge < -0.3 is 20.5 Å². The van der Waals surface area contributed by atoms with E-state index in [1.54, 1.807) is 12.1 Å². The summed E-state index contributed by atoms with van der Waals surface area (Å²) in [5, 5.41) is 17.3. The smallest absolute Gasteiger partial charge is 0.406 e. The first-order chi connectivity index (χ1) is 22.0. The van der Waals surface area contributed by atoms with Crippen molar-refractivity contribution in [3.05, 3.63) is 95.1 Å². The van der Waals surface area contributed by atoms with Crippen LogP contribution in [0.25, 0.3) is 0 Å². The third-order valence-electron chi connectivity index (χ3n) is 8.56. The number of nitrogens with zero attached hydrogens (tertiary/aromatic N) is 1. The van der Waals surface area contributed by atoms with Crippen LogP contribution in [0.5, 0.6) is 5.75 Å². The molecule has 1 saturated carbocycles. The van der Waals surface area contributed by atoms with E-state index in [9.17, 15) is 31.5 Å². The van der Waals surface area contributed by atoms with Crippen LogP contribution < -0.4 is 19.7 Å². The largest absolute Gasteiger partial charge is 0.573 e. The molecule has 5 rings (SSSR count). The number of hydrogen-bond acceptors (Lipinski definition) is 6. The number of aliphatic hydroxyl groups excluding tert-OH is 1. The van der Waals surface area contributed by atoms with Gasteiger partial charge in [-0.05, 0) is 85.0 Å². The van der Waals surface area contributed by atoms with Gasteiger partial charge in [0.1, 0.15) is 5.75 Å². The van der Waals surface area contributed by atoms with E-state index in [1.165, 1.54) is 22.5 Å². The first-order valence-electron chi connectivity index (χ1n) is 15.7. The van der Waals surface area contributed by atoms with Gasteiger partial charge in [-0.2, -0.15) is 0 Å². The highest BCUT2D eigenvalue weighted by atomic mass is 32.2. The van der Waals surface area contributed by atoms with E-state index in [4.69, 9.17) is 0 Å². The number of sulfonamides is 1. The average molecular weight is 660 g/mol. The van der Waals surface area contributed by atoms with Crippen LogP contribution in [-0.2, 0) is 23.0 Å². The maximum Gasteiger partial charge on any atom is 0.573 e. The molecule has 3 N–H and O–H groups in total. The molecule has 1 aliphatic heterocycles. The third-order valence-corrected chi connectivity index (χ3v) is 10.4. The molecular formula is C34H40F3N3O5S. The second-order valence-corrected chi connectivity index (χ2v) is 14.1. The lowest BCUT2D eigenvalue weighted by Gasteiger charge is -2.30. The summed E-state index contributed by atoms with van der Waals surface area (Å²) >= 11 is 0. The molecule has 1 amide bonds. The monoisotopic (exact) mass is 659 g/mol. The highest BCUT2D eigenvalue weighted by molar-refractivity contribution is 7.92. The van der Waals surface area contributed by atoms with Crippen LogP contribution in [0.2, 0.25) is 0 Å². The average Bonchev–Trinajstić information content (AvgIpc) is 3.56. The van der Waals surface area contributed by atoms with E-state index in [-0.39, 0.29) is 30.5 Å². The van der Waals surface area contributed by atoms with E-state index in [0.717, 1.165) is 43.2 Å². The van der Waals surface area contributed by atoms with Crippen molar-refractivity contribution in [3.63, 3.8) is 0 Å². The molecule has 8 nitrogen and oxygen atoms in total. The normalized spacial score (nSPS) is 18.2. The minimum atomic E-state index is -4.80. The van der Waals surface area contributed by atoms with Crippen molar-refractivity contribution in [1.82, 2.24) is 10.6 Å². The van der Waals surface area contributed by atoms with Crippen LogP contribution in [0.15, 0.2) is 72.8 Å². The summed E-state index contributed by atoms with van der Waals surface area (Å²) in [4.78, 5) is 13.8. The Labute approximate surface area is 268 Å². The van der Waals surface area contributed by atoms with Gasteiger partial charge in [-0.15, -0.1) is 13.2 Å². The van der Waals surface area contributed by atoms with Crippen LogP contribution in [0, 0.1) is 0 Å². The molecule has 2 atom stereocenters. The Morgan fingerprint density at radius 3 is 2.41 bits per heavy atom. The highest BCUT2D eigenvalue weighted by Crippen LogP contribution is 2.37. The topological polar surface area (TPSA) is 108 Å². The van der Waals surface area contributed by atoms with Crippen molar-refractivity contribution >= 4 is 21.6 Å². The number of hydrogen-bond donors (Lipinski definition) is 3. The van der Waals surface area contributed by atoms with Gasteiger partial charge >= 0.3 is 6.36 Å². The summed E-state index contributed by atoms with van der Waals surface area (Å²) in [6, 6.07) is 19.6. The number of anilines is 1. The molecule has 3 aromatic carbocycles. The minimum Gasteiger partial charge on any atom is -0.406 e. The molecule has 0 radical (unpaired) electrons. The van der Waals surface area contributed by atoms with Crippen molar-refractivity contribution in [2.24, 2.45) is 0 Å². The lowest BCUT2D eigenvalue weighted by atomic mass is 9.94. The summed E-state index contributed by atoms with van der Waals surface area (Å²) in [6.07, 6.45) is -0.0794. The van der Waals surface area contributed by atoms with Crippen LogP contribution in [0.3, 0.4) is 0 Å². The molecule has 3 aromatic rings. The SMILES string of the molecule is O=C(N[C@@H](Cc1ccccc1)[C@H](O)CNCc1cccc(OC(F)(F)F)c1)c1cc(C2CCCC2)cc(N2CCCCS2(=O)=O)c1. The Balaban J connectivity index is 1.34. The summed E-state index contributed by atoms with van der Waals surface area (Å²) in [5.41, 5.74) is 3.19. The van der Waals surface area contributed by atoms with Gasteiger partial charge in [-0.3, -0.25) is 9.10 Å². The molecule has 12 heteroatoms. The minimum absolute atomic E-state index is 0.0432. The predicted molar refractivity (Wildman–Crippen MR) is 170 cm³/mol. The lowest BCUT2D eigenvalue weighted by Crippen LogP contribution is -2.48. The molecule has 0 unspecified atom stereocenters. The van der Waals surface area contributed by atoms with Gasteiger partial charge in [0, 0.05) is 25.2 Å². The van der Waals surface area contributed by atoms with E-state index < -0.39 is 34.4 Å². The molecular weight excluding hydrogens is 619 g/mol. The summed E-state index contributed by atoms with van der Waals surface area (Å²) in [7, 11) is -3.49. The number of nitrogens with one attached hydrogen (secondary N) is 2. The quantitative estimate of drug-likeness (QED) is 0.232. The van der Waals surface area contributed by atoms with Crippen LogP contribution in [0.1, 0.15) is 71.5 Å². The highest BCUT2D eigenvalue weighted by Gasteiger charge is 2.31. The molecule has 1 aliphatic carbocycles. The molecule has 1 heterocycles. The molecule has 248 valence electrons. The molecule has 0 spiro atoms. The number of rotatable bonds is 12. The van der Waals surface area contributed by atoms with E-state index in [2.05, 4.69) is 15.4 Å². The number of ether oxygens (including phenoxy) is 1. The van der Waals surface area contributed by atoms with Gasteiger partial charge in [-0.1, -0.05) is 55.3 Å². The van der Waals surface area contributed by atoms with E-state index in [0.29, 0.717) is 36.2 Å². The van der Waals surface area contributed by atoms with Crippen molar-refractivity contribution in [2.75, 3.05) is 23.1 Å². The predicted octanol–water partition coefficient (Wildman–Crippen LogP) is 5.66. The Bertz CT molecular complexity index is 1580. The second kappa shape index (κ2) is 14.9. The fourth-order valence-corrected chi connectivity index (χ4v) is 7.87. The maximum absolute atomic E-state index is 13.8. The van der Waals surface area contributed by atoms with E-state index >= 15 is 0 Å². The number of carbonyl (C=O) groups excluding carboxylic acids is 1. The number of alkyl halides is 3. The standard InChI is InChI=1S/C34H40F3N3O5S/c35-34(36,37)45-30-14-8-11-25(17-30)22-38-23-32(41)31(18-24-9-2-1-3-10-24)39-33(42)28-19-27(26-12-4-5-13-26)20-29(21-28)40-15-6-7-16-46(40,43)44/h1-3,8-11,14,17,19-21,26,31-32,38,41H,4-7,12-13,15-16,18,22-23H2,(H,39,42)/t31-,32+/m0/s1. The fraction of sp³-hybridized carbons (Fsp3) is 0.441. The molecule has 2 fully saturated rings. The number of aliphatic hydroxyl groups is 1. The first-order valence-corrected chi connectivity index (χ1v) is 17.3. The molecule has 0 aromatic heterocycles. The number of carbonyl (C=O) groups is 1. The Kier molecular flexibility index (Phi) is 10.9. The Morgan fingerprint density at radius 2 is 1.70 bits per heavy atom. The third kappa shape index (κ3) is 9.23. The molecule has 1 saturated heterocycles. The van der Waals surface area contributed by atoms with Gasteiger partial charge in [0.25, 0.3) is 5.91 Å². The first kappa shape index (κ1) is 33.7. The van der Waals surface area contributed by atoms with Crippen molar-refractivity contribution in [1.29, 1.82) is 0 Å². The van der Waals surface area contributed by atoms with Crippen molar-refractivity contribution in [3.8, 4) is 5.75 Å². The second-order valence-electron chi connectivity index (χ2n) is 12.1. The van der Waals surface area contributed by atoms with Crippen LogP contribution in [-0.4, -0.2) is 56.8 Å². The van der Waals surface area contributed by atoms with Crippen molar-refractivity contribution in [2.45, 2.75) is 75.9 Å². The van der Waals surface area contributed by atoms with Crippen molar-refractivity contribution < 1.29 is 36.2 Å². The fourth-order valence-electron chi connectivity index (χ4n) is 6.25. The van der Waals surface area contributed by atoms with Gasteiger partial charge in [0.2, 0.25) is 10.0 Å². The summed E-state index contributed by atoms with van der Waals surface area (Å²) in [6.45, 7) is 0.570. The zero-order valence-corrected chi connectivity index (χ0v) is 26.3. The van der Waals surface area contributed by atoms with E-state index in [1.807, 2.05) is 42.5 Å². The molecule has 0 bridgehead atoms. The maximum atomic E-state index is 13.8. The number of halogens is 3. The zero-order chi connectivity index (χ0) is 32.7.